The zero-order valence-electron chi connectivity index (χ0n) is 12.3. The van der Waals surface area contributed by atoms with Crippen LogP contribution in [-0.2, 0) is 4.79 Å². The van der Waals surface area contributed by atoms with Gasteiger partial charge in [-0.15, -0.1) is 0 Å². The number of hydrogen-bond acceptors (Lipinski definition) is 3. The van der Waals surface area contributed by atoms with Gasteiger partial charge < -0.3 is 14.6 Å². The smallest absolute Gasteiger partial charge is 0.246 e. The Balaban J connectivity index is 1.95. The Morgan fingerprint density at radius 2 is 2.45 bits per heavy atom. The van der Waals surface area contributed by atoms with Gasteiger partial charge in [0.2, 0.25) is 5.91 Å². The van der Waals surface area contributed by atoms with Crippen LogP contribution in [0.15, 0.2) is 28.9 Å². The lowest BCUT2D eigenvalue weighted by Gasteiger charge is -2.26. The second-order valence-electron chi connectivity index (χ2n) is 5.78. The third-order valence-corrected chi connectivity index (χ3v) is 3.43. The highest BCUT2D eigenvalue weighted by Crippen LogP contribution is 2.10. The van der Waals surface area contributed by atoms with Gasteiger partial charge in [0.25, 0.3) is 0 Å². The lowest BCUT2D eigenvalue weighted by Crippen LogP contribution is -2.42. The molecular formula is C16H24N2O2. The summed E-state index contributed by atoms with van der Waals surface area (Å²) in [4.78, 5) is 14.3. The minimum absolute atomic E-state index is 0.0591. The first-order valence-electron chi connectivity index (χ1n) is 7.39. The van der Waals surface area contributed by atoms with E-state index in [0.29, 0.717) is 17.7 Å². The van der Waals surface area contributed by atoms with Gasteiger partial charge in [-0.3, -0.25) is 4.79 Å². The molecule has 0 saturated carbocycles. The first-order chi connectivity index (χ1) is 9.65. The molecule has 0 bridgehead atoms. The van der Waals surface area contributed by atoms with Gasteiger partial charge in [0, 0.05) is 25.2 Å². The Morgan fingerprint density at radius 3 is 3.05 bits per heavy atom. The van der Waals surface area contributed by atoms with Gasteiger partial charge in [-0.1, -0.05) is 13.8 Å². The average Bonchev–Trinajstić information content (AvgIpc) is 3.07. The topological polar surface area (TPSA) is 45.5 Å². The summed E-state index contributed by atoms with van der Waals surface area (Å²) in [6.45, 7) is 6.92. The molecule has 4 heteroatoms. The number of furan rings is 1. The van der Waals surface area contributed by atoms with Crippen LogP contribution in [0.3, 0.4) is 0 Å². The first-order valence-corrected chi connectivity index (χ1v) is 7.39. The monoisotopic (exact) mass is 276 g/mol. The van der Waals surface area contributed by atoms with E-state index in [1.807, 2.05) is 17.0 Å². The van der Waals surface area contributed by atoms with Gasteiger partial charge in [-0.05, 0) is 43.5 Å². The van der Waals surface area contributed by atoms with E-state index in [-0.39, 0.29) is 5.91 Å². The summed E-state index contributed by atoms with van der Waals surface area (Å²) in [5, 5.41) is 3.45. The summed E-state index contributed by atoms with van der Waals surface area (Å²) in [7, 11) is 0. The Kier molecular flexibility index (Phi) is 5.41. The molecule has 2 rings (SSSR count). The third-order valence-electron chi connectivity index (χ3n) is 3.43. The molecule has 1 N–H and O–H groups in total. The highest BCUT2D eigenvalue weighted by Gasteiger charge is 2.20. The van der Waals surface area contributed by atoms with Crippen LogP contribution in [0, 0.1) is 5.92 Å². The van der Waals surface area contributed by atoms with Crippen molar-refractivity contribution in [3.8, 4) is 0 Å². The van der Waals surface area contributed by atoms with Crippen LogP contribution in [0.2, 0.25) is 0 Å². The van der Waals surface area contributed by atoms with E-state index >= 15 is 0 Å². The molecule has 1 aromatic heterocycles. The quantitative estimate of drug-likeness (QED) is 0.812. The predicted molar refractivity (Wildman–Crippen MR) is 80.2 cm³/mol. The van der Waals surface area contributed by atoms with Gasteiger partial charge in [-0.25, -0.2) is 0 Å². The molecule has 0 spiro atoms. The summed E-state index contributed by atoms with van der Waals surface area (Å²) in [6, 6.07) is 4.10. The van der Waals surface area contributed by atoms with Crippen LogP contribution in [0.25, 0.3) is 6.08 Å². The number of rotatable bonds is 6. The lowest BCUT2D eigenvalue weighted by molar-refractivity contribution is -0.126. The SMILES string of the molecule is CC(C)CN(CC1CCCN1)C(=O)/C=C/c1ccco1. The number of hydrogen-bond donors (Lipinski definition) is 1. The van der Waals surface area contributed by atoms with Crippen molar-refractivity contribution >= 4 is 12.0 Å². The van der Waals surface area contributed by atoms with Crippen LogP contribution in [0.4, 0.5) is 0 Å². The normalized spacial score (nSPS) is 19.1. The molecule has 1 saturated heterocycles. The Bertz CT molecular complexity index is 431. The molecule has 1 unspecified atom stereocenters. The highest BCUT2D eigenvalue weighted by atomic mass is 16.3. The number of carbonyl (C=O) groups is 1. The van der Waals surface area contributed by atoms with Crippen molar-refractivity contribution in [2.24, 2.45) is 5.92 Å². The van der Waals surface area contributed by atoms with Crippen molar-refractivity contribution in [2.75, 3.05) is 19.6 Å². The van der Waals surface area contributed by atoms with Gasteiger partial charge in [0.1, 0.15) is 5.76 Å². The number of nitrogens with zero attached hydrogens (tertiary/aromatic N) is 1. The van der Waals surface area contributed by atoms with Crippen molar-refractivity contribution in [1.82, 2.24) is 10.2 Å². The van der Waals surface area contributed by atoms with Crippen LogP contribution in [-0.4, -0.2) is 36.5 Å². The van der Waals surface area contributed by atoms with Crippen LogP contribution < -0.4 is 5.32 Å². The fourth-order valence-corrected chi connectivity index (χ4v) is 2.52. The van der Waals surface area contributed by atoms with E-state index in [1.54, 1.807) is 18.4 Å². The lowest BCUT2D eigenvalue weighted by atomic mass is 10.1. The second kappa shape index (κ2) is 7.29. The summed E-state index contributed by atoms with van der Waals surface area (Å²) in [5.41, 5.74) is 0. The maximum atomic E-state index is 12.3. The summed E-state index contributed by atoms with van der Waals surface area (Å²) in [6.07, 6.45) is 7.31. The first kappa shape index (κ1) is 14.9. The largest absolute Gasteiger partial charge is 0.465 e. The fraction of sp³-hybridized carbons (Fsp3) is 0.562. The van der Waals surface area contributed by atoms with E-state index in [2.05, 4.69) is 19.2 Å². The molecule has 0 radical (unpaired) electrons. The molecular weight excluding hydrogens is 252 g/mol. The second-order valence-corrected chi connectivity index (χ2v) is 5.78. The van der Waals surface area contributed by atoms with Gasteiger partial charge >= 0.3 is 0 Å². The molecule has 20 heavy (non-hydrogen) atoms. The molecule has 1 aliphatic rings. The minimum atomic E-state index is 0.0591. The molecule has 0 aromatic carbocycles. The van der Waals surface area contributed by atoms with E-state index < -0.39 is 0 Å². The van der Waals surface area contributed by atoms with Crippen LogP contribution in [0.1, 0.15) is 32.4 Å². The van der Waals surface area contributed by atoms with Crippen LogP contribution >= 0.6 is 0 Å². The van der Waals surface area contributed by atoms with Gasteiger partial charge in [0.05, 0.1) is 6.26 Å². The van der Waals surface area contributed by atoms with E-state index in [9.17, 15) is 4.79 Å². The van der Waals surface area contributed by atoms with Crippen molar-refractivity contribution in [3.63, 3.8) is 0 Å². The molecule has 110 valence electrons. The summed E-state index contributed by atoms with van der Waals surface area (Å²) < 4.78 is 5.21. The number of carbonyl (C=O) groups excluding carboxylic acids is 1. The Morgan fingerprint density at radius 1 is 1.60 bits per heavy atom. The van der Waals surface area contributed by atoms with E-state index in [0.717, 1.165) is 26.1 Å². The van der Waals surface area contributed by atoms with Crippen molar-refractivity contribution < 1.29 is 9.21 Å². The standard InChI is InChI=1S/C16H24N2O2/c1-13(2)11-18(12-14-5-3-9-17-14)16(19)8-7-15-6-4-10-20-15/h4,6-8,10,13-14,17H,3,5,9,11-12H2,1-2H3/b8-7+. The Hall–Kier alpha value is -1.55. The van der Waals surface area contributed by atoms with E-state index in [4.69, 9.17) is 4.42 Å². The zero-order valence-corrected chi connectivity index (χ0v) is 12.3. The molecule has 1 fully saturated rings. The molecule has 2 heterocycles. The predicted octanol–water partition coefficient (Wildman–Crippen LogP) is 2.53. The fourth-order valence-electron chi connectivity index (χ4n) is 2.52. The zero-order chi connectivity index (χ0) is 14.4. The maximum absolute atomic E-state index is 12.3. The number of nitrogens with one attached hydrogen (secondary N) is 1. The molecule has 1 atom stereocenters. The third kappa shape index (κ3) is 4.53. The average molecular weight is 276 g/mol. The van der Waals surface area contributed by atoms with Gasteiger partial charge in [-0.2, -0.15) is 0 Å². The Labute approximate surface area is 120 Å². The molecule has 1 aliphatic heterocycles. The maximum Gasteiger partial charge on any atom is 0.246 e. The minimum Gasteiger partial charge on any atom is -0.465 e. The van der Waals surface area contributed by atoms with Crippen molar-refractivity contribution in [2.45, 2.75) is 32.7 Å². The number of amides is 1. The summed E-state index contributed by atoms with van der Waals surface area (Å²) in [5.74, 6) is 1.24. The van der Waals surface area contributed by atoms with E-state index in [1.165, 1.54) is 6.42 Å². The van der Waals surface area contributed by atoms with Crippen molar-refractivity contribution in [1.29, 1.82) is 0 Å². The molecule has 1 aromatic rings. The van der Waals surface area contributed by atoms with Crippen molar-refractivity contribution in [3.05, 3.63) is 30.2 Å². The van der Waals surface area contributed by atoms with Crippen LogP contribution in [0.5, 0.6) is 0 Å². The molecule has 0 aliphatic carbocycles. The van der Waals surface area contributed by atoms with Gasteiger partial charge in [0.15, 0.2) is 0 Å². The molecule has 1 amide bonds. The molecule has 4 nitrogen and oxygen atoms in total. The summed E-state index contributed by atoms with van der Waals surface area (Å²) >= 11 is 0. The highest BCUT2D eigenvalue weighted by molar-refractivity contribution is 5.91.